The smallest absolute Gasteiger partial charge is 0.0499 e. The van der Waals surface area contributed by atoms with E-state index in [2.05, 4.69) is 23.9 Å². The Labute approximate surface area is 80.3 Å². The Hall–Kier alpha value is -0.120. The molecule has 1 aliphatic carbocycles. The van der Waals surface area contributed by atoms with Crippen molar-refractivity contribution in [3.05, 3.63) is 0 Å². The molecule has 13 heavy (non-hydrogen) atoms. The maximum Gasteiger partial charge on any atom is 0.0499 e. The van der Waals surface area contributed by atoms with Gasteiger partial charge < -0.3 is 10.0 Å². The summed E-state index contributed by atoms with van der Waals surface area (Å²) in [5, 5.41) is 9.16. The number of likely N-dealkylation sites (N-methyl/N-ethyl adjacent to an activating group) is 1. The summed E-state index contributed by atoms with van der Waals surface area (Å²) in [6.45, 7) is 3.88. The van der Waals surface area contributed by atoms with E-state index in [1.165, 1.54) is 25.9 Å². The largest absolute Gasteiger partial charge is 0.396 e. The lowest BCUT2D eigenvalue weighted by Gasteiger charge is -2.44. The monoisotopic (exact) mass is 184 g/mol. The molecule has 0 atom stereocenters. The van der Waals surface area contributed by atoms with Crippen LogP contribution in [0, 0.1) is 5.41 Å². The lowest BCUT2D eigenvalue weighted by atomic mass is 10.0. The van der Waals surface area contributed by atoms with Crippen LogP contribution < -0.4 is 0 Å². The van der Waals surface area contributed by atoms with Gasteiger partial charge in [0, 0.05) is 37.7 Å². The quantitative estimate of drug-likeness (QED) is 0.666. The zero-order valence-corrected chi connectivity index (χ0v) is 8.66. The van der Waals surface area contributed by atoms with Crippen LogP contribution in [-0.2, 0) is 0 Å². The summed E-state index contributed by atoms with van der Waals surface area (Å²) in [4.78, 5) is 4.75. The molecule has 0 aromatic rings. The van der Waals surface area contributed by atoms with Crippen molar-refractivity contribution in [1.82, 2.24) is 9.80 Å². The maximum atomic E-state index is 9.16. The Balaban J connectivity index is 1.70. The highest BCUT2D eigenvalue weighted by atomic mass is 16.3. The highest BCUT2D eigenvalue weighted by Gasteiger charge is 2.45. The van der Waals surface area contributed by atoms with Crippen LogP contribution in [0.5, 0.6) is 0 Å². The molecule has 1 aliphatic heterocycles. The van der Waals surface area contributed by atoms with Gasteiger partial charge in [0.1, 0.15) is 0 Å². The first kappa shape index (κ1) is 9.44. The summed E-state index contributed by atoms with van der Waals surface area (Å²) in [5.41, 5.74) is 0.303. The van der Waals surface area contributed by atoms with Gasteiger partial charge in [0.05, 0.1) is 0 Å². The normalized spacial score (nSPS) is 27.7. The SMILES string of the molecule is CN(C)C1CN(CC2(CO)CC2)C1. The minimum atomic E-state index is 0.303. The Bertz CT molecular complexity index is 183. The van der Waals surface area contributed by atoms with Crippen molar-refractivity contribution in [3.8, 4) is 0 Å². The van der Waals surface area contributed by atoms with Gasteiger partial charge in [0.15, 0.2) is 0 Å². The molecule has 0 bridgehead atoms. The molecule has 3 heteroatoms. The highest BCUT2D eigenvalue weighted by Crippen LogP contribution is 2.46. The van der Waals surface area contributed by atoms with E-state index in [0.717, 1.165) is 12.6 Å². The maximum absolute atomic E-state index is 9.16. The zero-order chi connectivity index (χ0) is 9.47. The number of rotatable bonds is 4. The first-order valence-electron chi connectivity index (χ1n) is 5.15. The fourth-order valence-electron chi connectivity index (χ4n) is 2.02. The summed E-state index contributed by atoms with van der Waals surface area (Å²) in [5.74, 6) is 0. The molecule has 0 unspecified atom stereocenters. The van der Waals surface area contributed by atoms with Gasteiger partial charge in [0.25, 0.3) is 0 Å². The van der Waals surface area contributed by atoms with Crippen molar-refractivity contribution in [3.63, 3.8) is 0 Å². The second-order valence-corrected chi connectivity index (χ2v) is 4.97. The number of aliphatic hydroxyl groups excluding tert-OH is 1. The first-order chi connectivity index (χ1) is 6.15. The van der Waals surface area contributed by atoms with Gasteiger partial charge >= 0.3 is 0 Å². The Morgan fingerprint density at radius 2 is 2.00 bits per heavy atom. The second-order valence-electron chi connectivity index (χ2n) is 4.97. The highest BCUT2D eigenvalue weighted by molar-refractivity contribution is 4.98. The van der Waals surface area contributed by atoms with Crippen LogP contribution in [0.2, 0.25) is 0 Å². The van der Waals surface area contributed by atoms with E-state index in [4.69, 9.17) is 5.11 Å². The van der Waals surface area contributed by atoms with Crippen molar-refractivity contribution in [2.75, 3.05) is 40.3 Å². The van der Waals surface area contributed by atoms with E-state index in [9.17, 15) is 0 Å². The molecule has 0 aromatic carbocycles. The van der Waals surface area contributed by atoms with Crippen LogP contribution >= 0.6 is 0 Å². The number of aliphatic hydroxyl groups is 1. The third-order valence-corrected chi connectivity index (χ3v) is 3.52. The third kappa shape index (κ3) is 1.87. The fraction of sp³-hybridized carbons (Fsp3) is 1.00. The van der Waals surface area contributed by atoms with E-state index in [0.29, 0.717) is 12.0 Å². The Morgan fingerprint density at radius 1 is 1.38 bits per heavy atom. The van der Waals surface area contributed by atoms with E-state index in [-0.39, 0.29) is 0 Å². The number of likely N-dealkylation sites (tertiary alicyclic amines) is 1. The van der Waals surface area contributed by atoms with Crippen molar-refractivity contribution >= 4 is 0 Å². The van der Waals surface area contributed by atoms with E-state index in [1.807, 2.05) is 0 Å². The average molecular weight is 184 g/mol. The van der Waals surface area contributed by atoms with E-state index >= 15 is 0 Å². The molecule has 2 rings (SSSR count). The van der Waals surface area contributed by atoms with Crippen LogP contribution in [0.1, 0.15) is 12.8 Å². The Kier molecular flexibility index (Phi) is 2.34. The lowest BCUT2D eigenvalue weighted by Crippen LogP contribution is -2.58. The average Bonchev–Trinajstić information content (AvgIpc) is 2.76. The second kappa shape index (κ2) is 3.23. The standard InChI is InChI=1S/C10H20N2O/c1-11(2)9-5-12(6-9)7-10(8-13)3-4-10/h9,13H,3-8H2,1-2H3. The molecule has 0 aromatic heterocycles. The van der Waals surface area contributed by atoms with Crippen LogP contribution in [0.15, 0.2) is 0 Å². The topological polar surface area (TPSA) is 26.7 Å². The molecule has 0 radical (unpaired) electrons. The number of hydrogen-bond acceptors (Lipinski definition) is 3. The summed E-state index contributed by atoms with van der Waals surface area (Å²) in [6.07, 6.45) is 2.46. The van der Waals surface area contributed by atoms with Crippen molar-refractivity contribution in [1.29, 1.82) is 0 Å². The molecule has 1 saturated carbocycles. The van der Waals surface area contributed by atoms with Crippen molar-refractivity contribution < 1.29 is 5.11 Å². The van der Waals surface area contributed by atoms with Crippen LogP contribution in [0.25, 0.3) is 0 Å². The van der Waals surface area contributed by atoms with Crippen molar-refractivity contribution in [2.24, 2.45) is 5.41 Å². The minimum Gasteiger partial charge on any atom is -0.396 e. The Morgan fingerprint density at radius 3 is 2.38 bits per heavy atom. The number of hydrogen-bond donors (Lipinski definition) is 1. The molecular weight excluding hydrogens is 164 g/mol. The zero-order valence-electron chi connectivity index (χ0n) is 8.66. The molecule has 1 N–H and O–H groups in total. The molecule has 2 aliphatic rings. The van der Waals surface area contributed by atoms with Gasteiger partial charge in [-0.25, -0.2) is 0 Å². The predicted octanol–water partition coefficient (Wildman–Crippen LogP) is 0.00470. The van der Waals surface area contributed by atoms with E-state index < -0.39 is 0 Å². The van der Waals surface area contributed by atoms with Crippen molar-refractivity contribution in [2.45, 2.75) is 18.9 Å². The first-order valence-corrected chi connectivity index (χ1v) is 5.15. The summed E-state index contributed by atoms with van der Waals surface area (Å²) < 4.78 is 0. The van der Waals surface area contributed by atoms with Crippen LogP contribution in [0.4, 0.5) is 0 Å². The van der Waals surface area contributed by atoms with Gasteiger partial charge in [-0.1, -0.05) is 0 Å². The van der Waals surface area contributed by atoms with Gasteiger partial charge in [-0.2, -0.15) is 0 Å². The lowest BCUT2D eigenvalue weighted by molar-refractivity contribution is 0.0347. The molecule has 0 spiro atoms. The van der Waals surface area contributed by atoms with Gasteiger partial charge in [0.2, 0.25) is 0 Å². The van der Waals surface area contributed by atoms with Crippen LogP contribution in [-0.4, -0.2) is 61.3 Å². The molecule has 1 saturated heterocycles. The van der Waals surface area contributed by atoms with Gasteiger partial charge in [-0.15, -0.1) is 0 Å². The fourth-order valence-corrected chi connectivity index (χ4v) is 2.02. The molecule has 76 valence electrons. The van der Waals surface area contributed by atoms with Gasteiger partial charge in [-0.05, 0) is 26.9 Å². The third-order valence-electron chi connectivity index (χ3n) is 3.52. The molecule has 0 amide bonds. The summed E-state index contributed by atoms with van der Waals surface area (Å²) in [6, 6.07) is 0.745. The molecule has 2 fully saturated rings. The summed E-state index contributed by atoms with van der Waals surface area (Å²) >= 11 is 0. The molecular formula is C10H20N2O. The summed E-state index contributed by atoms with van der Waals surface area (Å²) in [7, 11) is 4.28. The number of nitrogens with zero attached hydrogens (tertiary/aromatic N) is 2. The minimum absolute atomic E-state index is 0.303. The van der Waals surface area contributed by atoms with E-state index in [1.54, 1.807) is 0 Å². The molecule has 1 heterocycles. The van der Waals surface area contributed by atoms with Gasteiger partial charge in [-0.3, -0.25) is 4.90 Å². The predicted molar refractivity (Wildman–Crippen MR) is 52.7 cm³/mol. The van der Waals surface area contributed by atoms with Crippen LogP contribution in [0.3, 0.4) is 0 Å². The molecule has 3 nitrogen and oxygen atoms in total.